The van der Waals surface area contributed by atoms with Crippen LogP contribution in [0.25, 0.3) is 11.0 Å². The van der Waals surface area contributed by atoms with Gasteiger partial charge >= 0.3 is 0 Å². The van der Waals surface area contributed by atoms with Gasteiger partial charge in [-0.25, -0.2) is 4.98 Å². The van der Waals surface area contributed by atoms with E-state index in [2.05, 4.69) is 21.9 Å². The van der Waals surface area contributed by atoms with Crippen LogP contribution in [0.2, 0.25) is 5.02 Å². The summed E-state index contributed by atoms with van der Waals surface area (Å²) in [5.74, 6) is 0.773. The lowest BCUT2D eigenvalue weighted by atomic mass is 10.2. The van der Waals surface area contributed by atoms with Gasteiger partial charge in [-0.3, -0.25) is 9.69 Å². The van der Waals surface area contributed by atoms with E-state index in [1.807, 2.05) is 37.1 Å². The summed E-state index contributed by atoms with van der Waals surface area (Å²) < 4.78 is 0. The second-order valence-electron chi connectivity index (χ2n) is 4.97. The van der Waals surface area contributed by atoms with E-state index in [0.717, 1.165) is 16.9 Å². The van der Waals surface area contributed by atoms with Crippen LogP contribution in [0.15, 0.2) is 30.9 Å². The average molecular weight is 307 g/mol. The molecule has 1 amide bonds. The first-order valence-electron chi connectivity index (χ1n) is 6.74. The number of benzene rings is 1. The molecule has 21 heavy (non-hydrogen) atoms. The maximum absolute atomic E-state index is 11.9. The Morgan fingerprint density at radius 1 is 1.62 bits per heavy atom. The number of likely N-dealkylation sites (N-methyl/N-ethyl adjacent to an activating group) is 1. The Morgan fingerprint density at radius 3 is 3.10 bits per heavy atom. The minimum Gasteiger partial charge on any atom is -0.351 e. The Bertz CT molecular complexity index is 652. The van der Waals surface area contributed by atoms with Crippen molar-refractivity contribution in [3.8, 4) is 0 Å². The summed E-state index contributed by atoms with van der Waals surface area (Å²) in [6.07, 6.45) is 1.66. The Kier molecular flexibility index (Phi) is 4.98. The molecule has 0 saturated heterocycles. The highest BCUT2D eigenvalue weighted by atomic mass is 35.5. The number of hydrogen-bond donors (Lipinski definition) is 2. The normalized spacial score (nSPS) is 12.6. The summed E-state index contributed by atoms with van der Waals surface area (Å²) in [5, 5.41) is 3.46. The highest BCUT2D eigenvalue weighted by Crippen LogP contribution is 2.17. The largest absolute Gasteiger partial charge is 0.351 e. The third kappa shape index (κ3) is 3.83. The molecule has 0 aliphatic rings. The topological polar surface area (TPSA) is 61.0 Å². The van der Waals surface area contributed by atoms with Gasteiger partial charge in [0.05, 0.1) is 23.6 Å². The molecule has 0 fully saturated rings. The Hall–Kier alpha value is -1.85. The number of amides is 1. The van der Waals surface area contributed by atoms with E-state index in [4.69, 9.17) is 11.6 Å². The molecule has 0 bridgehead atoms. The molecule has 1 unspecified atom stereocenters. The Labute approximate surface area is 129 Å². The molecule has 0 aliphatic heterocycles. The van der Waals surface area contributed by atoms with Crippen molar-refractivity contribution in [2.24, 2.45) is 0 Å². The molecule has 5 nitrogen and oxygen atoms in total. The summed E-state index contributed by atoms with van der Waals surface area (Å²) in [5.41, 5.74) is 1.77. The standard InChI is InChI=1S/C15H19ClN4O/c1-4-7-17-15(21)10(2)20(3)9-14-18-12-6-5-11(16)8-13(12)19-14/h4-6,8,10H,1,7,9H2,2-3H3,(H,17,21)(H,18,19). The van der Waals surface area contributed by atoms with Crippen LogP contribution in [-0.4, -0.2) is 40.4 Å². The van der Waals surface area contributed by atoms with Crippen LogP contribution in [-0.2, 0) is 11.3 Å². The number of carbonyl (C=O) groups excluding carboxylic acids is 1. The van der Waals surface area contributed by atoms with Gasteiger partial charge in [0.1, 0.15) is 5.82 Å². The highest BCUT2D eigenvalue weighted by molar-refractivity contribution is 6.31. The van der Waals surface area contributed by atoms with Gasteiger partial charge in [0.15, 0.2) is 0 Å². The van der Waals surface area contributed by atoms with Crippen molar-refractivity contribution >= 4 is 28.5 Å². The van der Waals surface area contributed by atoms with Crippen molar-refractivity contribution < 1.29 is 4.79 Å². The van der Waals surface area contributed by atoms with E-state index in [1.165, 1.54) is 0 Å². The van der Waals surface area contributed by atoms with E-state index >= 15 is 0 Å². The summed E-state index contributed by atoms with van der Waals surface area (Å²) in [7, 11) is 1.89. The fraction of sp³-hybridized carbons (Fsp3) is 0.333. The molecule has 1 aromatic heterocycles. The van der Waals surface area contributed by atoms with Crippen molar-refractivity contribution in [1.82, 2.24) is 20.2 Å². The number of halogens is 1. The lowest BCUT2D eigenvalue weighted by Crippen LogP contribution is -2.43. The molecule has 2 aromatic rings. The molecule has 2 N–H and O–H groups in total. The van der Waals surface area contributed by atoms with Crippen LogP contribution < -0.4 is 5.32 Å². The molecule has 0 aliphatic carbocycles. The first-order chi connectivity index (χ1) is 10.0. The highest BCUT2D eigenvalue weighted by Gasteiger charge is 2.18. The number of rotatable bonds is 6. The molecule has 1 atom stereocenters. The maximum Gasteiger partial charge on any atom is 0.237 e. The fourth-order valence-electron chi connectivity index (χ4n) is 2.00. The summed E-state index contributed by atoms with van der Waals surface area (Å²) >= 11 is 5.95. The first kappa shape index (κ1) is 15.5. The van der Waals surface area contributed by atoms with Gasteiger partial charge in [-0.2, -0.15) is 0 Å². The van der Waals surface area contributed by atoms with E-state index in [0.29, 0.717) is 18.1 Å². The van der Waals surface area contributed by atoms with Crippen LogP contribution in [0.3, 0.4) is 0 Å². The molecule has 0 radical (unpaired) electrons. The lowest BCUT2D eigenvalue weighted by molar-refractivity contribution is -0.125. The second-order valence-corrected chi connectivity index (χ2v) is 5.41. The van der Waals surface area contributed by atoms with Crippen LogP contribution in [0.4, 0.5) is 0 Å². The number of imidazole rings is 1. The second kappa shape index (κ2) is 6.74. The van der Waals surface area contributed by atoms with Crippen molar-refractivity contribution in [2.75, 3.05) is 13.6 Å². The molecular formula is C15H19ClN4O. The summed E-state index contributed by atoms with van der Waals surface area (Å²) in [4.78, 5) is 21.5. The molecule has 1 heterocycles. The molecule has 6 heteroatoms. The Morgan fingerprint density at radius 2 is 2.38 bits per heavy atom. The number of H-pyrrole nitrogens is 1. The third-order valence-corrected chi connectivity index (χ3v) is 3.59. The van der Waals surface area contributed by atoms with Crippen LogP contribution >= 0.6 is 11.6 Å². The smallest absolute Gasteiger partial charge is 0.237 e. The summed E-state index contributed by atoms with van der Waals surface area (Å²) in [6.45, 7) is 6.46. The van der Waals surface area contributed by atoms with Gasteiger partial charge in [-0.15, -0.1) is 6.58 Å². The molecule has 0 saturated carbocycles. The number of carbonyl (C=O) groups is 1. The van der Waals surface area contributed by atoms with Crippen molar-refractivity contribution in [3.05, 3.63) is 41.7 Å². The van der Waals surface area contributed by atoms with Gasteiger partial charge in [0.25, 0.3) is 0 Å². The zero-order valence-electron chi connectivity index (χ0n) is 12.2. The number of nitrogens with zero attached hydrogens (tertiary/aromatic N) is 2. The van der Waals surface area contributed by atoms with Crippen LogP contribution in [0.1, 0.15) is 12.7 Å². The number of fused-ring (bicyclic) bond motifs is 1. The molecule has 2 rings (SSSR count). The van der Waals surface area contributed by atoms with Crippen molar-refractivity contribution in [3.63, 3.8) is 0 Å². The fourth-order valence-corrected chi connectivity index (χ4v) is 2.18. The SMILES string of the molecule is C=CCNC(=O)C(C)N(C)Cc1nc2ccc(Cl)cc2[nH]1. The number of aromatic amines is 1. The monoisotopic (exact) mass is 306 g/mol. The van der Waals surface area contributed by atoms with Crippen LogP contribution in [0.5, 0.6) is 0 Å². The van der Waals surface area contributed by atoms with Crippen molar-refractivity contribution in [2.45, 2.75) is 19.5 Å². The molecule has 1 aromatic carbocycles. The predicted molar refractivity (Wildman–Crippen MR) is 85.2 cm³/mol. The van der Waals surface area contributed by atoms with Gasteiger partial charge in [-0.05, 0) is 32.2 Å². The minimum atomic E-state index is -0.248. The predicted octanol–water partition coefficient (Wildman–Crippen LogP) is 2.34. The zero-order chi connectivity index (χ0) is 15.4. The van der Waals surface area contributed by atoms with Gasteiger partial charge in [-0.1, -0.05) is 17.7 Å². The van der Waals surface area contributed by atoms with Gasteiger partial charge in [0, 0.05) is 11.6 Å². The Balaban J connectivity index is 2.04. The average Bonchev–Trinajstić information content (AvgIpc) is 2.84. The number of nitrogens with one attached hydrogen (secondary N) is 2. The first-order valence-corrected chi connectivity index (χ1v) is 7.12. The van der Waals surface area contributed by atoms with E-state index in [-0.39, 0.29) is 11.9 Å². The van der Waals surface area contributed by atoms with Gasteiger partial charge < -0.3 is 10.3 Å². The quantitative estimate of drug-likeness (QED) is 0.805. The zero-order valence-corrected chi connectivity index (χ0v) is 12.9. The van der Waals surface area contributed by atoms with Gasteiger partial charge in [0.2, 0.25) is 5.91 Å². The lowest BCUT2D eigenvalue weighted by Gasteiger charge is -2.22. The van der Waals surface area contributed by atoms with Crippen molar-refractivity contribution in [1.29, 1.82) is 0 Å². The molecule has 0 spiro atoms. The number of hydrogen-bond acceptors (Lipinski definition) is 3. The number of aromatic nitrogens is 2. The maximum atomic E-state index is 11.9. The van der Waals surface area contributed by atoms with E-state index < -0.39 is 0 Å². The van der Waals surface area contributed by atoms with E-state index in [1.54, 1.807) is 6.08 Å². The molecule has 112 valence electrons. The van der Waals surface area contributed by atoms with E-state index in [9.17, 15) is 4.79 Å². The minimum absolute atomic E-state index is 0.0310. The molecular weight excluding hydrogens is 288 g/mol. The van der Waals surface area contributed by atoms with Crippen LogP contribution in [0, 0.1) is 0 Å². The third-order valence-electron chi connectivity index (χ3n) is 3.35. The summed E-state index contributed by atoms with van der Waals surface area (Å²) in [6, 6.07) is 5.27.